The molecule has 0 saturated heterocycles. The van der Waals surface area contributed by atoms with E-state index < -0.39 is 0 Å². The molecule has 0 aliphatic carbocycles. The van der Waals surface area contributed by atoms with Gasteiger partial charge in [-0.05, 0) is 7.05 Å². The molecule has 5 nitrogen and oxygen atoms in total. The number of hydrogen-bond donors (Lipinski definition) is 2. The van der Waals surface area contributed by atoms with Gasteiger partial charge in [-0.1, -0.05) is 11.3 Å². The third-order valence-electron chi connectivity index (χ3n) is 2.08. The lowest BCUT2D eigenvalue weighted by Gasteiger charge is -2.08. The Kier molecular flexibility index (Phi) is 3.30. The average molecular weight is 227 g/mol. The molecule has 0 fully saturated rings. The minimum Gasteiger partial charge on any atom is -0.375 e. The Morgan fingerprint density at radius 1 is 1.67 bits per heavy atom. The smallest absolute Gasteiger partial charge is 0.240 e. The summed E-state index contributed by atoms with van der Waals surface area (Å²) in [5, 5.41) is 6.21. The molecule has 1 aliphatic heterocycles. The maximum absolute atomic E-state index is 11.3. The first-order valence-electron chi connectivity index (χ1n) is 4.80. The zero-order chi connectivity index (χ0) is 10.7. The van der Waals surface area contributed by atoms with Gasteiger partial charge in [-0.3, -0.25) is 4.79 Å². The first kappa shape index (κ1) is 10.5. The number of aromatic nitrogens is 1. The Labute approximate surface area is 91.9 Å². The maximum atomic E-state index is 11.3. The van der Waals surface area contributed by atoms with E-state index >= 15 is 0 Å². The Morgan fingerprint density at radius 2 is 2.53 bits per heavy atom. The van der Waals surface area contributed by atoms with Crippen LogP contribution in [0.4, 0.5) is 5.13 Å². The van der Waals surface area contributed by atoms with Crippen molar-refractivity contribution in [2.24, 2.45) is 0 Å². The lowest BCUT2D eigenvalue weighted by atomic mass is 10.2. The quantitative estimate of drug-likeness (QED) is 0.783. The highest BCUT2D eigenvalue weighted by Gasteiger charge is 2.16. The van der Waals surface area contributed by atoms with E-state index in [1.165, 1.54) is 11.3 Å². The van der Waals surface area contributed by atoms with Crippen molar-refractivity contribution in [1.82, 2.24) is 10.3 Å². The van der Waals surface area contributed by atoms with Gasteiger partial charge < -0.3 is 15.4 Å². The molecule has 2 N–H and O–H groups in total. The fraction of sp³-hybridized carbons (Fsp3) is 0.556. The summed E-state index contributed by atoms with van der Waals surface area (Å²) >= 11 is 1.49. The summed E-state index contributed by atoms with van der Waals surface area (Å²) in [5.41, 5.74) is 1.06. The highest BCUT2D eigenvalue weighted by molar-refractivity contribution is 7.15. The SMILES string of the molecule is CNCC(=O)Nc1nc2c(s1)COCC2. The van der Waals surface area contributed by atoms with Crippen LogP contribution < -0.4 is 10.6 Å². The Bertz CT molecular complexity index is 341. The van der Waals surface area contributed by atoms with Gasteiger partial charge in [0.1, 0.15) is 0 Å². The zero-order valence-electron chi connectivity index (χ0n) is 8.50. The Morgan fingerprint density at radius 3 is 3.27 bits per heavy atom. The number of carbonyl (C=O) groups is 1. The van der Waals surface area contributed by atoms with Gasteiger partial charge in [0, 0.05) is 6.42 Å². The van der Waals surface area contributed by atoms with Crippen LogP contribution in [-0.4, -0.2) is 31.1 Å². The zero-order valence-corrected chi connectivity index (χ0v) is 9.32. The minimum atomic E-state index is -0.0653. The fourth-order valence-corrected chi connectivity index (χ4v) is 2.36. The number of amides is 1. The highest BCUT2D eigenvalue weighted by atomic mass is 32.1. The number of likely N-dealkylation sites (N-methyl/N-ethyl adjacent to an activating group) is 1. The molecule has 15 heavy (non-hydrogen) atoms. The van der Waals surface area contributed by atoms with E-state index in [0.717, 1.165) is 23.6 Å². The van der Waals surface area contributed by atoms with Crippen LogP contribution in [0.15, 0.2) is 0 Å². The van der Waals surface area contributed by atoms with Crippen LogP contribution in [0, 0.1) is 0 Å². The van der Waals surface area contributed by atoms with Crippen LogP contribution in [-0.2, 0) is 22.6 Å². The summed E-state index contributed by atoms with van der Waals surface area (Å²) < 4.78 is 5.31. The minimum absolute atomic E-state index is 0.0653. The molecule has 1 aromatic heterocycles. The molecule has 1 amide bonds. The van der Waals surface area contributed by atoms with Gasteiger partial charge in [0.05, 0.1) is 30.3 Å². The summed E-state index contributed by atoms with van der Waals surface area (Å²) in [7, 11) is 1.74. The van der Waals surface area contributed by atoms with Crippen LogP contribution in [0.3, 0.4) is 0 Å². The second-order valence-electron chi connectivity index (χ2n) is 3.27. The predicted octanol–water partition coefficient (Wildman–Crippen LogP) is 0.374. The second-order valence-corrected chi connectivity index (χ2v) is 4.35. The predicted molar refractivity (Wildman–Crippen MR) is 58.0 cm³/mol. The van der Waals surface area contributed by atoms with Crippen molar-refractivity contribution in [2.75, 3.05) is 25.5 Å². The Hall–Kier alpha value is -0.980. The fourth-order valence-electron chi connectivity index (χ4n) is 1.40. The molecule has 0 atom stereocenters. The summed E-state index contributed by atoms with van der Waals surface area (Å²) in [5.74, 6) is -0.0653. The van der Waals surface area contributed by atoms with Gasteiger partial charge in [-0.15, -0.1) is 0 Å². The number of rotatable bonds is 3. The van der Waals surface area contributed by atoms with Gasteiger partial charge in [-0.2, -0.15) is 0 Å². The molecular formula is C9H13N3O2S. The summed E-state index contributed by atoms with van der Waals surface area (Å²) in [6.07, 6.45) is 0.841. The van der Waals surface area contributed by atoms with Gasteiger partial charge >= 0.3 is 0 Å². The van der Waals surface area contributed by atoms with Crippen LogP contribution in [0.25, 0.3) is 0 Å². The summed E-state index contributed by atoms with van der Waals surface area (Å²) in [4.78, 5) is 16.8. The van der Waals surface area contributed by atoms with E-state index in [4.69, 9.17) is 4.74 Å². The molecule has 0 saturated carbocycles. The van der Waals surface area contributed by atoms with Crippen LogP contribution >= 0.6 is 11.3 Å². The van der Waals surface area contributed by atoms with E-state index in [1.54, 1.807) is 7.05 Å². The van der Waals surface area contributed by atoms with Gasteiger partial charge in [0.25, 0.3) is 0 Å². The largest absolute Gasteiger partial charge is 0.375 e. The monoisotopic (exact) mass is 227 g/mol. The lowest BCUT2D eigenvalue weighted by molar-refractivity contribution is -0.115. The van der Waals surface area contributed by atoms with Gasteiger partial charge in [-0.25, -0.2) is 4.98 Å². The van der Waals surface area contributed by atoms with E-state index in [-0.39, 0.29) is 5.91 Å². The lowest BCUT2D eigenvalue weighted by Crippen LogP contribution is -2.24. The van der Waals surface area contributed by atoms with Crippen molar-refractivity contribution in [3.05, 3.63) is 10.6 Å². The maximum Gasteiger partial charge on any atom is 0.240 e. The average Bonchev–Trinajstić information content (AvgIpc) is 2.59. The van der Waals surface area contributed by atoms with E-state index in [9.17, 15) is 4.79 Å². The van der Waals surface area contributed by atoms with Crippen LogP contribution in [0.2, 0.25) is 0 Å². The molecule has 2 heterocycles. The van der Waals surface area contributed by atoms with Crippen molar-refractivity contribution in [3.63, 3.8) is 0 Å². The summed E-state index contributed by atoms with van der Waals surface area (Å²) in [6.45, 7) is 1.65. The molecule has 0 bridgehead atoms. The van der Waals surface area contributed by atoms with E-state index in [1.807, 2.05) is 0 Å². The molecule has 0 unspecified atom stereocenters. The number of thiazole rings is 1. The first-order valence-corrected chi connectivity index (χ1v) is 5.62. The standard InChI is InChI=1S/C9H13N3O2S/c1-10-4-8(13)12-9-11-6-2-3-14-5-7(6)15-9/h10H,2-5H2,1H3,(H,11,12,13). The van der Waals surface area contributed by atoms with Crippen molar-refractivity contribution in [1.29, 1.82) is 0 Å². The number of nitrogens with zero attached hydrogens (tertiary/aromatic N) is 1. The molecule has 6 heteroatoms. The number of fused-ring (bicyclic) bond motifs is 1. The van der Waals surface area contributed by atoms with Gasteiger partial charge in [0.15, 0.2) is 5.13 Å². The molecule has 0 aromatic carbocycles. The molecular weight excluding hydrogens is 214 g/mol. The molecule has 1 aliphatic rings. The number of hydrogen-bond acceptors (Lipinski definition) is 5. The Balaban J connectivity index is 2.03. The molecule has 0 radical (unpaired) electrons. The topological polar surface area (TPSA) is 63.2 Å². The van der Waals surface area contributed by atoms with E-state index in [2.05, 4.69) is 15.6 Å². The van der Waals surface area contributed by atoms with Crippen molar-refractivity contribution in [2.45, 2.75) is 13.0 Å². The number of carbonyl (C=O) groups excluding carboxylic acids is 1. The van der Waals surface area contributed by atoms with Crippen molar-refractivity contribution >= 4 is 22.4 Å². The van der Waals surface area contributed by atoms with Crippen molar-refractivity contribution < 1.29 is 9.53 Å². The normalized spacial score (nSPS) is 14.7. The summed E-state index contributed by atoms with van der Waals surface area (Å²) in [6, 6.07) is 0. The first-order chi connectivity index (χ1) is 7.29. The van der Waals surface area contributed by atoms with E-state index in [0.29, 0.717) is 18.3 Å². The van der Waals surface area contributed by atoms with Crippen LogP contribution in [0.5, 0.6) is 0 Å². The third-order valence-corrected chi connectivity index (χ3v) is 3.06. The van der Waals surface area contributed by atoms with Crippen LogP contribution in [0.1, 0.15) is 10.6 Å². The highest BCUT2D eigenvalue weighted by Crippen LogP contribution is 2.26. The van der Waals surface area contributed by atoms with Gasteiger partial charge in [0.2, 0.25) is 5.91 Å². The molecule has 82 valence electrons. The molecule has 0 spiro atoms. The molecule has 1 aromatic rings. The molecule has 2 rings (SSSR count). The van der Waals surface area contributed by atoms with Crippen molar-refractivity contribution in [3.8, 4) is 0 Å². The third kappa shape index (κ3) is 2.53. The second kappa shape index (κ2) is 4.69. The number of nitrogens with one attached hydrogen (secondary N) is 2. The number of ether oxygens (including phenoxy) is 1. The number of anilines is 1.